The van der Waals surface area contributed by atoms with E-state index in [2.05, 4.69) is 22.1 Å². The van der Waals surface area contributed by atoms with Gasteiger partial charge in [0.05, 0.1) is 6.20 Å². The molecule has 1 aromatic heterocycles. The molecule has 4 heteroatoms. The first-order chi connectivity index (χ1) is 7.90. The largest absolute Gasteiger partial charge is 0.629 e. The summed E-state index contributed by atoms with van der Waals surface area (Å²) in [5.41, 5.74) is 2.76. The minimum absolute atomic E-state index is 0.443. The predicted octanol–water partition coefficient (Wildman–Crippen LogP) is 0.954. The van der Waals surface area contributed by atoms with Gasteiger partial charge in [0, 0.05) is 12.6 Å². The lowest BCUT2D eigenvalue weighted by atomic mass is 10.1. The summed E-state index contributed by atoms with van der Waals surface area (Å²) in [7, 11) is 0. The number of aryl methyl sites for hydroxylation is 2. The van der Waals surface area contributed by atoms with Crippen molar-refractivity contribution in [2.75, 3.05) is 0 Å². The number of nitrogens with two attached hydrogens (primary N) is 1. The third-order valence-electron chi connectivity index (χ3n) is 2.41. The normalized spacial score (nSPS) is 10.3. The summed E-state index contributed by atoms with van der Waals surface area (Å²) >= 11 is 0. The first-order valence-corrected chi connectivity index (χ1v) is 5.19. The van der Waals surface area contributed by atoms with Crippen molar-refractivity contribution in [3.8, 4) is 0 Å². The number of rotatable bonds is 4. The van der Waals surface area contributed by atoms with E-state index in [1.807, 2.05) is 18.2 Å². The van der Waals surface area contributed by atoms with E-state index in [1.165, 1.54) is 11.8 Å². The highest BCUT2D eigenvalue weighted by Crippen LogP contribution is 2.08. The van der Waals surface area contributed by atoms with Gasteiger partial charge in [-0.15, -0.1) is 0 Å². The van der Waals surface area contributed by atoms with Crippen molar-refractivity contribution in [3.05, 3.63) is 59.2 Å². The SMILES string of the molecule is [O-][NH2+]c1nccnc1CCc1ccccc1. The second-order valence-electron chi connectivity index (χ2n) is 3.49. The van der Waals surface area contributed by atoms with Crippen LogP contribution in [0, 0.1) is 5.21 Å². The fraction of sp³-hybridized carbons (Fsp3) is 0.167. The Morgan fingerprint density at radius 1 is 1.00 bits per heavy atom. The molecule has 0 radical (unpaired) electrons. The first-order valence-electron chi connectivity index (χ1n) is 5.19. The summed E-state index contributed by atoms with van der Waals surface area (Å²) in [6, 6.07) is 10.1. The molecule has 0 unspecified atom stereocenters. The van der Waals surface area contributed by atoms with Crippen LogP contribution in [0.1, 0.15) is 11.3 Å². The van der Waals surface area contributed by atoms with E-state index < -0.39 is 0 Å². The molecule has 4 nitrogen and oxygen atoms in total. The second kappa shape index (κ2) is 5.34. The number of nitrogens with zero attached hydrogens (tertiary/aromatic N) is 2. The molecule has 0 aliphatic rings. The minimum Gasteiger partial charge on any atom is -0.629 e. The summed E-state index contributed by atoms with van der Waals surface area (Å²) in [4.78, 5) is 8.15. The van der Waals surface area contributed by atoms with Gasteiger partial charge in [0.15, 0.2) is 0 Å². The van der Waals surface area contributed by atoms with E-state index in [0.29, 0.717) is 5.82 Å². The van der Waals surface area contributed by atoms with Crippen LogP contribution in [0.2, 0.25) is 0 Å². The third-order valence-corrected chi connectivity index (χ3v) is 2.41. The quantitative estimate of drug-likeness (QED) is 0.772. The van der Waals surface area contributed by atoms with Crippen molar-refractivity contribution in [1.29, 1.82) is 0 Å². The highest BCUT2D eigenvalue weighted by Gasteiger charge is 2.05. The smallest absolute Gasteiger partial charge is 0.246 e. The molecule has 1 aromatic carbocycles. The molecular weight excluding hydrogens is 202 g/mol. The minimum atomic E-state index is 0.443. The Morgan fingerprint density at radius 2 is 1.75 bits per heavy atom. The molecule has 1 heterocycles. The summed E-state index contributed by atoms with van der Waals surface area (Å²) in [5, 5.41) is 10.7. The maximum Gasteiger partial charge on any atom is 0.246 e. The molecular formula is C12H13N3O. The molecule has 2 N–H and O–H groups in total. The number of aromatic nitrogens is 2. The second-order valence-corrected chi connectivity index (χ2v) is 3.49. The summed E-state index contributed by atoms with van der Waals surface area (Å²) in [6.07, 6.45) is 4.77. The van der Waals surface area contributed by atoms with Crippen molar-refractivity contribution >= 4 is 5.82 Å². The molecule has 2 rings (SSSR count). The first kappa shape index (κ1) is 10.7. The van der Waals surface area contributed by atoms with Crippen LogP contribution >= 0.6 is 0 Å². The number of quaternary nitrogens is 1. The van der Waals surface area contributed by atoms with Gasteiger partial charge in [-0.25, -0.2) is 4.98 Å². The topological polar surface area (TPSA) is 65.5 Å². The molecule has 0 saturated heterocycles. The molecule has 0 bridgehead atoms. The van der Waals surface area contributed by atoms with Gasteiger partial charge in [0.1, 0.15) is 5.69 Å². The van der Waals surface area contributed by atoms with Crippen molar-refractivity contribution in [2.24, 2.45) is 0 Å². The van der Waals surface area contributed by atoms with Crippen LogP contribution in [0.4, 0.5) is 5.82 Å². The Balaban J connectivity index is 2.05. The summed E-state index contributed by atoms with van der Waals surface area (Å²) in [6.45, 7) is 0. The lowest BCUT2D eigenvalue weighted by Gasteiger charge is -2.05. The van der Waals surface area contributed by atoms with Gasteiger partial charge in [-0.1, -0.05) is 30.3 Å². The predicted molar refractivity (Wildman–Crippen MR) is 60.8 cm³/mol. The lowest BCUT2D eigenvalue weighted by molar-refractivity contribution is -0.502. The Bertz CT molecular complexity index is 445. The van der Waals surface area contributed by atoms with Crippen LogP contribution in [0.15, 0.2) is 42.7 Å². The van der Waals surface area contributed by atoms with Gasteiger partial charge in [-0.2, -0.15) is 0 Å². The summed E-state index contributed by atoms with van der Waals surface area (Å²) < 4.78 is 0. The zero-order valence-electron chi connectivity index (χ0n) is 8.84. The fourth-order valence-electron chi connectivity index (χ4n) is 1.58. The van der Waals surface area contributed by atoms with Crippen LogP contribution < -0.4 is 5.48 Å². The number of benzene rings is 1. The van der Waals surface area contributed by atoms with E-state index in [9.17, 15) is 5.21 Å². The van der Waals surface area contributed by atoms with Gasteiger partial charge in [0.25, 0.3) is 0 Å². The van der Waals surface area contributed by atoms with E-state index >= 15 is 0 Å². The van der Waals surface area contributed by atoms with Gasteiger partial charge in [-0.05, 0) is 12.0 Å². The number of hydrogen-bond acceptors (Lipinski definition) is 3. The van der Waals surface area contributed by atoms with Crippen molar-refractivity contribution < 1.29 is 5.48 Å². The van der Waals surface area contributed by atoms with E-state index in [-0.39, 0.29) is 0 Å². The fourth-order valence-corrected chi connectivity index (χ4v) is 1.58. The van der Waals surface area contributed by atoms with E-state index in [4.69, 9.17) is 0 Å². The molecule has 16 heavy (non-hydrogen) atoms. The average Bonchev–Trinajstić information content (AvgIpc) is 2.38. The van der Waals surface area contributed by atoms with E-state index in [0.717, 1.165) is 24.0 Å². The monoisotopic (exact) mass is 215 g/mol. The van der Waals surface area contributed by atoms with Crippen molar-refractivity contribution in [1.82, 2.24) is 9.97 Å². The van der Waals surface area contributed by atoms with E-state index in [1.54, 1.807) is 6.20 Å². The molecule has 0 fully saturated rings. The molecule has 2 aromatic rings. The third kappa shape index (κ3) is 2.62. The number of hydrogen-bond donors (Lipinski definition) is 1. The van der Waals surface area contributed by atoms with Gasteiger partial charge < -0.3 is 10.7 Å². The Labute approximate surface area is 94.0 Å². The average molecular weight is 215 g/mol. The lowest BCUT2D eigenvalue weighted by Crippen LogP contribution is -2.71. The molecule has 0 amide bonds. The van der Waals surface area contributed by atoms with Gasteiger partial charge in [0.2, 0.25) is 5.82 Å². The van der Waals surface area contributed by atoms with Gasteiger partial charge >= 0.3 is 0 Å². The van der Waals surface area contributed by atoms with Crippen LogP contribution in [0.3, 0.4) is 0 Å². The Kier molecular flexibility index (Phi) is 3.58. The Hall–Kier alpha value is -1.78. The molecule has 0 saturated carbocycles. The molecule has 0 aliphatic carbocycles. The van der Waals surface area contributed by atoms with Crippen LogP contribution in [0.5, 0.6) is 0 Å². The summed E-state index contributed by atoms with van der Waals surface area (Å²) in [5.74, 6) is 0.443. The van der Waals surface area contributed by atoms with Crippen LogP contribution in [-0.2, 0) is 12.8 Å². The zero-order chi connectivity index (χ0) is 11.2. The highest BCUT2D eigenvalue weighted by molar-refractivity contribution is 5.25. The van der Waals surface area contributed by atoms with Crippen molar-refractivity contribution in [3.63, 3.8) is 0 Å². The Morgan fingerprint density at radius 3 is 2.50 bits per heavy atom. The molecule has 0 spiro atoms. The molecule has 0 aliphatic heterocycles. The molecule has 0 atom stereocenters. The molecule has 82 valence electrons. The maximum absolute atomic E-state index is 10.7. The standard InChI is InChI=1S/C12H13N3O/c16-15-12-11(13-8-9-14-12)7-6-10-4-2-1-3-5-10/h1-5,8-9H,6-7,15H2. The zero-order valence-corrected chi connectivity index (χ0v) is 8.84. The van der Waals surface area contributed by atoms with Crippen molar-refractivity contribution in [2.45, 2.75) is 12.8 Å². The van der Waals surface area contributed by atoms with Crippen LogP contribution in [0.25, 0.3) is 0 Å². The van der Waals surface area contributed by atoms with Crippen LogP contribution in [-0.4, -0.2) is 9.97 Å². The highest BCUT2D eigenvalue weighted by atomic mass is 16.5. The maximum atomic E-state index is 10.7. The van der Waals surface area contributed by atoms with Gasteiger partial charge in [-0.3, -0.25) is 4.98 Å².